The van der Waals surface area contributed by atoms with Gasteiger partial charge >= 0.3 is 13.8 Å². The molecule has 0 unspecified atom stereocenters. The van der Waals surface area contributed by atoms with Gasteiger partial charge in [0.15, 0.2) is 0 Å². The third-order valence-electron chi connectivity index (χ3n) is 1.09. The summed E-state index contributed by atoms with van der Waals surface area (Å²) >= 11 is 0. The lowest BCUT2D eigenvalue weighted by atomic mass is 10.3. The third-order valence-corrected chi connectivity index (χ3v) is 1.97. The number of nitrogens with zero attached hydrogens (tertiary/aromatic N) is 1. The Balaban J connectivity index is 4.23. The van der Waals surface area contributed by atoms with Gasteiger partial charge in [0.2, 0.25) is 5.90 Å². The number of carbonyl (C=O) groups excluding carboxylic acids is 1. The molecule has 0 heterocycles. The first kappa shape index (κ1) is 16.0. The second-order valence-electron chi connectivity index (χ2n) is 2.49. The molecule has 0 aliphatic heterocycles. The Morgan fingerprint density at radius 2 is 1.71 bits per heavy atom. The van der Waals surface area contributed by atoms with Crippen LogP contribution in [0, 0.1) is 0 Å². The van der Waals surface area contributed by atoms with Crippen LogP contribution in [0.3, 0.4) is 0 Å². The van der Waals surface area contributed by atoms with Gasteiger partial charge in [-0.1, -0.05) is 5.16 Å². The van der Waals surface area contributed by atoms with Crippen LogP contribution in [0.1, 0.15) is 12.8 Å². The van der Waals surface area contributed by atoms with Crippen LogP contribution in [0.2, 0.25) is 0 Å². The number of carbonyl (C=O) groups is 1. The molecule has 0 aliphatic carbocycles. The van der Waals surface area contributed by atoms with Gasteiger partial charge in [0.1, 0.15) is 7.82 Å². The lowest BCUT2D eigenvalue weighted by molar-refractivity contribution is -0.335. The monoisotopic (exact) mass is 291 g/mol. The summed E-state index contributed by atoms with van der Waals surface area (Å²) in [5.74, 6) is -2.39. The standard InChI is InChI=1S/C4H9NO10P2/c6-4(15-17(11,12)13)2-1-3(5-7)14-16(8,9)10/h7H,1-2H2,(H2,8,9,10)(H2,11,12,13)/p-2/b5-3-. The van der Waals surface area contributed by atoms with Crippen LogP contribution in [-0.2, 0) is 23.0 Å². The molecule has 0 saturated heterocycles. The molecule has 100 valence electrons. The molecule has 0 saturated carbocycles. The van der Waals surface area contributed by atoms with E-state index in [0.29, 0.717) is 0 Å². The van der Waals surface area contributed by atoms with Crippen molar-refractivity contribution in [1.82, 2.24) is 0 Å². The van der Waals surface area contributed by atoms with Crippen molar-refractivity contribution < 1.29 is 47.8 Å². The van der Waals surface area contributed by atoms with Crippen molar-refractivity contribution >= 4 is 27.5 Å². The Kier molecular flexibility index (Phi) is 5.76. The van der Waals surface area contributed by atoms with E-state index in [-0.39, 0.29) is 0 Å². The number of oxime groups is 1. The van der Waals surface area contributed by atoms with Gasteiger partial charge in [-0.15, -0.1) is 0 Å². The Hall–Kier alpha value is -0.960. The van der Waals surface area contributed by atoms with E-state index in [4.69, 9.17) is 15.0 Å². The summed E-state index contributed by atoms with van der Waals surface area (Å²) in [5.41, 5.74) is 0. The molecule has 17 heavy (non-hydrogen) atoms. The van der Waals surface area contributed by atoms with Gasteiger partial charge in [-0.05, 0) is 0 Å². The van der Waals surface area contributed by atoms with E-state index in [1.54, 1.807) is 0 Å². The van der Waals surface area contributed by atoms with Gasteiger partial charge in [0, 0.05) is 6.42 Å². The fourth-order valence-electron chi connectivity index (χ4n) is 0.630. The summed E-state index contributed by atoms with van der Waals surface area (Å²) in [6.07, 6.45) is -1.45. The predicted molar refractivity (Wildman–Crippen MR) is 45.3 cm³/mol. The van der Waals surface area contributed by atoms with Gasteiger partial charge < -0.3 is 28.6 Å². The lowest BCUT2D eigenvalue weighted by Crippen LogP contribution is -2.20. The maximum absolute atomic E-state index is 10.7. The number of rotatable bonds is 5. The summed E-state index contributed by atoms with van der Waals surface area (Å²) in [6, 6.07) is 0. The summed E-state index contributed by atoms with van der Waals surface area (Å²) in [7, 11) is -10.4. The van der Waals surface area contributed by atoms with Crippen molar-refractivity contribution in [3.05, 3.63) is 0 Å². The quantitative estimate of drug-likeness (QED) is 0.168. The number of hydrogen-bond donors (Lipinski definition) is 3. The van der Waals surface area contributed by atoms with E-state index in [2.05, 4.69) is 14.2 Å². The topological polar surface area (TPSA) is 189 Å². The van der Waals surface area contributed by atoms with Crippen molar-refractivity contribution in [1.29, 1.82) is 0 Å². The normalized spacial score (nSPS) is 13.3. The average Bonchev–Trinajstić information content (AvgIpc) is 2.07. The van der Waals surface area contributed by atoms with Crippen molar-refractivity contribution in [2.24, 2.45) is 5.16 Å². The molecule has 13 heteroatoms. The van der Waals surface area contributed by atoms with Crippen molar-refractivity contribution in [2.45, 2.75) is 12.8 Å². The summed E-state index contributed by atoms with van der Waals surface area (Å²) < 4.78 is 27.5. The van der Waals surface area contributed by atoms with Crippen LogP contribution < -0.4 is 9.79 Å². The molecule has 0 rings (SSSR count). The molecule has 0 fully saturated rings. The zero-order valence-corrected chi connectivity index (χ0v) is 9.74. The van der Waals surface area contributed by atoms with Crippen molar-refractivity contribution in [3.8, 4) is 0 Å². The van der Waals surface area contributed by atoms with Crippen LogP contribution in [0.5, 0.6) is 0 Å². The van der Waals surface area contributed by atoms with Crippen LogP contribution in [0.15, 0.2) is 5.16 Å². The Morgan fingerprint density at radius 1 is 1.18 bits per heavy atom. The van der Waals surface area contributed by atoms with Crippen LogP contribution in [0.25, 0.3) is 0 Å². The Labute approximate surface area is 94.1 Å². The fourth-order valence-corrected chi connectivity index (χ4v) is 1.37. The second-order valence-corrected chi connectivity index (χ2v) is 4.73. The molecule has 0 aromatic rings. The molecular formula is C4H7NO10P2-2. The molecule has 0 aromatic heterocycles. The van der Waals surface area contributed by atoms with Gasteiger partial charge in [-0.2, -0.15) is 0 Å². The smallest absolute Gasteiger partial charge is 0.526 e. The van der Waals surface area contributed by atoms with E-state index < -0.39 is 40.4 Å². The highest BCUT2D eigenvalue weighted by Crippen LogP contribution is 2.36. The van der Waals surface area contributed by atoms with E-state index in [9.17, 15) is 23.7 Å². The predicted octanol–water partition coefficient (Wildman–Crippen LogP) is -1.96. The molecule has 0 radical (unpaired) electrons. The van der Waals surface area contributed by atoms with Crippen LogP contribution in [-0.4, -0.2) is 26.9 Å². The Morgan fingerprint density at radius 3 is 2.06 bits per heavy atom. The average molecular weight is 291 g/mol. The summed E-state index contributed by atoms with van der Waals surface area (Å²) in [5, 5.41) is 10.5. The highest BCUT2D eigenvalue weighted by Gasteiger charge is 2.20. The fraction of sp³-hybridized carbons (Fsp3) is 0.500. The van der Waals surface area contributed by atoms with E-state index >= 15 is 0 Å². The van der Waals surface area contributed by atoms with Crippen molar-refractivity contribution in [2.75, 3.05) is 0 Å². The minimum atomic E-state index is -5.44. The maximum Gasteiger partial charge on any atom is 0.526 e. The molecule has 0 spiro atoms. The summed E-state index contributed by atoms with van der Waals surface area (Å²) in [4.78, 5) is 47.3. The highest BCUT2D eigenvalue weighted by molar-refractivity contribution is 7.46. The van der Waals surface area contributed by atoms with Gasteiger partial charge in [0.25, 0.3) is 0 Å². The lowest BCUT2D eigenvalue weighted by Gasteiger charge is -2.28. The van der Waals surface area contributed by atoms with Crippen LogP contribution >= 0.6 is 15.6 Å². The molecule has 0 amide bonds. The van der Waals surface area contributed by atoms with Crippen molar-refractivity contribution in [3.63, 3.8) is 0 Å². The first-order valence-electron chi connectivity index (χ1n) is 3.74. The molecule has 3 N–H and O–H groups in total. The molecule has 0 atom stereocenters. The first-order chi connectivity index (χ1) is 7.53. The van der Waals surface area contributed by atoms with Gasteiger partial charge in [0.05, 0.1) is 6.42 Å². The number of hydrogen-bond acceptors (Lipinski definition) is 9. The highest BCUT2D eigenvalue weighted by atomic mass is 31.2. The second kappa shape index (κ2) is 6.10. The van der Waals surface area contributed by atoms with E-state index in [1.807, 2.05) is 0 Å². The molecular weight excluding hydrogens is 284 g/mol. The van der Waals surface area contributed by atoms with Gasteiger partial charge in [-0.3, -0.25) is 14.6 Å². The largest absolute Gasteiger partial charge is 0.780 e. The van der Waals surface area contributed by atoms with Gasteiger partial charge in [-0.25, -0.2) is 4.57 Å². The maximum atomic E-state index is 10.7. The number of phosphoric acid groups is 2. The minimum absolute atomic E-state index is 0.691. The minimum Gasteiger partial charge on any atom is -0.780 e. The van der Waals surface area contributed by atoms with E-state index in [1.165, 1.54) is 0 Å². The SMILES string of the molecule is O=C(CC/C(=N/O)OP(=O)([O-])[O-])OP(=O)(O)O. The third kappa shape index (κ3) is 9.94. The number of phosphoric ester groups is 2. The zero-order valence-electron chi connectivity index (χ0n) is 7.96. The summed E-state index contributed by atoms with van der Waals surface area (Å²) in [6.45, 7) is 0. The molecule has 0 aromatic carbocycles. The molecule has 11 nitrogen and oxygen atoms in total. The van der Waals surface area contributed by atoms with Crippen LogP contribution in [0.4, 0.5) is 0 Å². The molecule has 0 bridgehead atoms. The Bertz CT molecular complexity index is 391. The first-order valence-corrected chi connectivity index (χ1v) is 6.73. The van der Waals surface area contributed by atoms with E-state index in [0.717, 1.165) is 0 Å². The molecule has 0 aliphatic rings. The zero-order chi connectivity index (χ0) is 13.7.